The van der Waals surface area contributed by atoms with Gasteiger partial charge in [-0.25, -0.2) is 9.56 Å². The largest absolute Gasteiger partial charge is 0.508 e. The van der Waals surface area contributed by atoms with E-state index in [4.69, 9.17) is 43.9 Å². The number of aromatic hydroxyl groups is 1. The van der Waals surface area contributed by atoms with Crippen LogP contribution in [0.1, 0.15) is 158 Å². The van der Waals surface area contributed by atoms with Crippen LogP contribution in [0.2, 0.25) is 0 Å². The lowest BCUT2D eigenvalue weighted by Crippen LogP contribution is -2.61. The van der Waals surface area contributed by atoms with E-state index in [9.17, 15) is 77.3 Å². The molecule has 0 fully saturated rings. The summed E-state index contributed by atoms with van der Waals surface area (Å²) in [6.07, 6.45) is 4.47. The van der Waals surface area contributed by atoms with Crippen molar-refractivity contribution in [3.63, 3.8) is 0 Å². The molecule has 0 bridgehead atoms. The molecule has 0 spiro atoms. The molecule has 30 N–H and O–H groups in total. The summed E-state index contributed by atoms with van der Waals surface area (Å²) in [5.74, 6) is -14.9. The number of benzene rings is 4. The molecule has 0 unspecified atom stereocenters. The number of nitrogens with two attached hydrogens (primary N) is 6. The molecule has 6 rings (SSSR count). The highest BCUT2D eigenvalue weighted by atomic mass is 32.1. The average Bonchev–Trinajstić information content (AvgIpc) is 1.12. The Bertz CT molecular complexity index is 5030. The van der Waals surface area contributed by atoms with Crippen molar-refractivity contribution in [1.29, 1.82) is 0 Å². The minimum atomic E-state index is -1.65. The van der Waals surface area contributed by atoms with Gasteiger partial charge in [-0.1, -0.05) is 30.3 Å². The molecule has 2 heterocycles. The SMILES string of the molecule is CCN(CC)c1ccc2c(-c3ccccc3C(=O)N[C@H](Cc3ccc(O)cc3)C(=O)N[C@H](CCCCN)C(=O)N[C@H](CCC(N)=O)C(=O)N[C@H](CS)C(=O)N[C@H](Cc3c[nH]cn3)C(=O)N[C@H](CCCCN)C(=O)N[C@H](CCCCN)C(=O)NCC(=O)NCC(=O)N[C@H](CCCCN)C(=O)N[C@H](CCCCN)C(=O)NCC(=O)N[C@H](CO)C(=O)NCC(=O)O)c3ccc(=[N+](CC)CC)cc-3oc2c1. The van der Waals surface area contributed by atoms with Crippen LogP contribution in [-0.4, -0.2) is 278 Å². The van der Waals surface area contributed by atoms with Crippen molar-refractivity contribution in [2.24, 2.45) is 34.4 Å². The number of aliphatic carboxylic acids is 1. The third-order valence-corrected chi connectivity index (χ3v) is 22.9. The molecule has 750 valence electrons. The average molecular weight is 1930 g/mol. The summed E-state index contributed by atoms with van der Waals surface area (Å²) in [4.78, 5) is 230. The van der Waals surface area contributed by atoms with Crippen molar-refractivity contribution >= 4 is 124 Å². The van der Waals surface area contributed by atoms with Crippen LogP contribution < -0.4 is 124 Å². The lowest BCUT2D eigenvalue weighted by atomic mass is 9.90. The molecule has 45 heteroatoms. The van der Waals surface area contributed by atoms with Crippen LogP contribution in [0.25, 0.3) is 33.4 Å². The highest BCUT2D eigenvalue weighted by Gasteiger charge is 2.37. The number of anilines is 1. The Hall–Kier alpha value is -13.2. The van der Waals surface area contributed by atoms with E-state index >= 15 is 9.59 Å². The summed E-state index contributed by atoms with van der Waals surface area (Å²) in [7, 11) is 0. The summed E-state index contributed by atoms with van der Waals surface area (Å²) < 4.78 is 8.95. The number of hydrogen-bond acceptors (Lipinski definition) is 27. The molecule has 0 saturated carbocycles. The number of amides is 15. The number of imidazole rings is 1. The number of carboxylic acids is 1. The van der Waals surface area contributed by atoms with Gasteiger partial charge in [0, 0.05) is 84.2 Å². The van der Waals surface area contributed by atoms with Gasteiger partial charge in [-0.3, -0.25) is 76.7 Å². The minimum Gasteiger partial charge on any atom is -0.508 e. The number of phenolic OH excluding ortho intramolecular Hbond substituents is 1. The number of primary amides is 1. The Morgan fingerprint density at radius 2 is 0.898 bits per heavy atom. The number of aromatic amines is 1. The molecule has 2 aliphatic rings. The van der Waals surface area contributed by atoms with Gasteiger partial charge >= 0.3 is 5.97 Å². The highest BCUT2D eigenvalue weighted by molar-refractivity contribution is 7.80. The second-order valence-electron chi connectivity index (χ2n) is 32.7. The van der Waals surface area contributed by atoms with Crippen molar-refractivity contribution in [3.05, 3.63) is 120 Å². The van der Waals surface area contributed by atoms with E-state index in [1.54, 1.807) is 30.3 Å². The van der Waals surface area contributed by atoms with Gasteiger partial charge in [-0.05, 0) is 211 Å². The Labute approximate surface area is 800 Å². The zero-order valence-electron chi connectivity index (χ0n) is 78.1. The van der Waals surface area contributed by atoms with Crippen LogP contribution in [0.4, 0.5) is 5.69 Å². The third-order valence-electron chi connectivity index (χ3n) is 22.6. The number of phenols is 1. The van der Waals surface area contributed by atoms with E-state index in [-0.39, 0.29) is 114 Å². The highest BCUT2D eigenvalue weighted by Crippen LogP contribution is 2.42. The predicted molar refractivity (Wildman–Crippen MR) is 514 cm³/mol. The first-order valence-corrected chi connectivity index (χ1v) is 47.0. The Kier molecular flexibility index (Phi) is 49.5. The van der Waals surface area contributed by atoms with E-state index in [0.29, 0.717) is 83.9 Å². The van der Waals surface area contributed by atoms with Crippen LogP contribution in [0.3, 0.4) is 0 Å². The monoisotopic (exact) mass is 1930 g/mol. The predicted octanol–water partition coefficient (Wildman–Crippen LogP) is -3.38. The van der Waals surface area contributed by atoms with Crippen molar-refractivity contribution in [3.8, 4) is 28.2 Å². The van der Waals surface area contributed by atoms with Crippen molar-refractivity contribution in [2.75, 3.05) is 102 Å². The number of aliphatic hydroxyl groups excluding tert-OH is 1. The fourth-order valence-electron chi connectivity index (χ4n) is 15.0. The van der Waals surface area contributed by atoms with Gasteiger partial charge in [0.2, 0.25) is 88.1 Å². The molecule has 1 aromatic heterocycles. The summed E-state index contributed by atoms with van der Waals surface area (Å²) in [6.45, 7) is 8.19. The lowest BCUT2D eigenvalue weighted by molar-refractivity contribution is -0.138. The smallest absolute Gasteiger partial charge is 0.322 e. The normalized spacial score (nSPS) is 13.3. The van der Waals surface area contributed by atoms with Crippen LogP contribution in [0, 0.1) is 0 Å². The van der Waals surface area contributed by atoms with Crippen molar-refractivity contribution in [1.82, 2.24) is 89.0 Å². The topological polar surface area (TPSA) is 706 Å². The van der Waals surface area contributed by atoms with E-state index in [1.807, 2.05) is 47.8 Å². The Morgan fingerprint density at radius 1 is 0.460 bits per heavy atom. The number of H-pyrrole nitrogens is 1. The van der Waals surface area contributed by atoms with Crippen LogP contribution in [0.15, 0.2) is 102 Å². The van der Waals surface area contributed by atoms with Gasteiger partial charge in [0.1, 0.15) is 97.1 Å². The molecule has 3 aromatic carbocycles. The van der Waals surface area contributed by atoms with Gasteiger partial charge in [-0.2, -0.15) is 12.6 Å². The zero-order valence-corrected chi connectivity index (χ0v) is 79.0. The van der Waals surface area contributed by atoms with E-state index in [1.165, 1.54) is 24.7 Å². The summed E-state index contributed by atoms with van der Waals surface area (Å²) in [5, 5.41) is 65.8. The van der Waals surface area contributed by atoms with Gasteiger partial charge < -0.3 is 138 Å². The molecule has 44 nitrogen and oxygen atoms in total. The molecule has 1 aliphatic heterocycles. The molecule has 0 radical (unpaired) electrons. The summed E-state index contributed by atoms with van der Waals surface area (Å²) >= 11 is 4.40. The summed E-state index contributed by atoms with van der Waals surface area (Å²) in [5.41, 5.74) is 39.0. The molecule has 0 saturated heterocycles. The first-order valence-electron chi connectivity index (χ1n) is 46.3. The number of aromatic nitrogens is 2. The Balaban J connectivity index is 1.17. The van der Waals surface area contributed by atoms with Gasteiger partial charge in [0.15, 0.2) is 0 Å². The number of nitrogens with one attached hydrogen (secondary N) is 15. The number of nitrogens with zero attached hydrogens (tertiary/aromatic N) is 3. The maximum atomic E-state index is 15.3. The van der Waals surface area contributed by atoms with Crippen LogP contribution in [0.5, 0.6) is 5.75 Å². The van der Waals surface area contributed by atoms with Crippen LogP contribution >= 0.6 is 12.6 Å². The molecular formula is C92H137N24O20S+. The van der Waals surface area contributed by atoms with E-state index < -0.39 is 206 Å². The fraction of sp³-hybridized carbons (Fsp3) is 0.522. The van der Waals surface area contributed by atoms with Gasteiger partial charge in [0.05, 0.1) is 44.3 Å². The second-order valence-corrected chi connectivity index (χ2v) is 33.0. The standard InChI is InChI=1S/C92H136N24O20S/c1-5-115(6-2)57-30-34-62-74(45-57)136-75-46-58(116(7-3)8-4)31-35-63(75)81(62)60-21-9-10-22-61(60)82(125)112-70(43-55-28-32-59(118)33-29-55)90(133)109-68(27-15-20-42-97)88(131)111-69(36-37-76(98)119)89(132)114-73(53-137)92(135)113-71(44-56-47-99-54-104-56)91(134)110-67(26-14-19-41-96)87(130)108-64(23-11-16-38-93)83(126)101-48-77(120)100-49-78(121)105-66(25-13-18-40-95)86(129)107-65(24-12-17-39-94)84(127)102-50-79(122)106-72(52-117)85(128)103-51-80(123)124/h9-10,21-22,28-35,45-47,54,64-73,117H,5-8,11-20,23-27,36-44,48-53,93-97H2,1-4H3,(H19-,98,99,100,101,102,103,104,105,106,107,108,109,110,111,112,113,114,118,119,120,121,122,123,124,125,126,127,128,129,130,131,132,133,134,135,137)/p+1/t64-,65-,66-,67-,68-,69-,70-,71-,72-,73-/m1/s1. The van der Waals surface area contributed by atoms with E-state index in [0.717, 1.165) is 37.2 Å². The van der Waals surface area contributed by atoms with Gasteiger partial charge in [0.25, 0.3) is 5.91 Å². The molecule has 4 aromatic rings. The maximum absolute atomic E-state index is 15.3. The molecule has 15 amide bonds. The number of carboxylic acid groups (broad SMARTS) is 1. The molecular weight excluding hydrogens is 1790 g/mol. The minimum absolute atomic E-state index is 0.00276. The zero-order chi connectivity index (χ0) is 100. The number of rotatable bonds is 64. The lowest BCUT2D eigenvalue weighted by Gasteiger charge is -2.27. The number of thiol groups is 1. The number of fused-ring (bicyclic) bond motifs is 2. The number of carbonyl (C=O) groups is 16. The van der Waals surface area contributed by atoms with Crippen LogP contribution in [-0.2, 0) is 84.8 Å². The van der Waals surface area contributed by atoms with E-state index in [2.05, 4.69) is 129 Å². The first-order chi connectivity index (χ1) is 65.8. The second kappa shape index (κ2) is 60.3. The number of unbranched alkanes of at least 4 members (excludes halogenated alkanes) is 5. The molecule has 1 aliphatic carbocycles. The first kappa shape index (κ1) is 113. The molecule has 10 atom stereocenters. The quantitative estimate of drug-likeness (QED) is 0.00767. The maximum Gasteiger partial charge on any atom is 0.322 e. The number of hydrogen-bond donors (Lipinski definition) is 25. The molecule has 137 heavy (non-hydrogen) atoms. The number of carbonyl (C=O) groups excluding carboxylic acids is 15. The van der Waals surface area contributed by atoms with Crippen molar-refractivity contribution < 1.29 is 96.4 Å². The Morgan fingerprint density at radius 3 is 1.37 bits per heavy atom. The third kappa shape index (κ3) is 37.4. The summed E-state index contributed by atoms with van der Waals surface area (Å²) in [6, 6.07) is 10.1. The van der Waals surface area contributed by atoms with Crippen molar-refractivity contribution in [2.45, 2.75) is 210 Å². The van der Waals surface area contributed by atoms with Gasteiger partial charge in [-0.15, -0.1) is 0 Å². The fourth-order valence-corrected chi connectivity index (χ4v) is 15.3. The number of aliphatic hydroxyl groups is 1.